The number of anilines is 2. The number of fused-ring (bicyclic) bond motifs is 1. The van der Waals surface area contributed by atoms with Gasteiger partial charge in [-0.1, -0.05) is 53.5 Å². The molecule has 4 rings (SSSR count). The predicted molar refractivity (Wildman–Crippen MR) is 105 cm³/mol. The normalized spacial score (nSPS) is 10.4. The summed E-state index contributed by atoms with van der Waals surface area (Å²) in [6.07, 6.45) is 0. The van der Waals surface area contributed by atoms with E-state index in [0.29, 0.717) is 21.7 Å². The maximum absolute atomic E-state index is 6.33. The predicted octanol–water partition coefficient (Wildman–Crippen LogP) is 3.35. The summed E-state index contributed by atoms with van der Waals surface area (Å²) in [5, 5.41) is 5.55. The smallest absolute Gasteiger partial charge is 0.163 e. The standard InChI is InChI=1S/C20H13Cl2N3.ClH/c21-13-6-5-7-14(12-13)23-20-16-9-2-4-11-18(16)24-19(25-20)15-8-1-3-10-17(15)22;/h1-12H,(H,23,24,25);1H/p-1. The molecule has 0 aliphatic heterocycles. The van der Waals surface area contributed by atoms with Crippen molar-refractivity contribution < 1.29 is 12.4 Å². The van der Waals surface area contributed by atoms with Gasteiger partial charge in [-0.2, -0.15) is 0 Å². The lowest BCUT2D eigenvalue weighted by Crippen LogP contribution is -3.00. The van der Waals surface area contributed by atoms with Gasteiger partial charge in [-0.25, -0.2) is 9.97 Å². The summed E-state index contributed by atoms with van der Waals surface area (Å²) in [5.41, 5.74) is 2.50. The lowest BCUT2D eigenvalue weighted by Gasteiger charge is -2.12. The van der Waals surface area contributed by atoms with E-state index >= 15 is 0 Å². The van der Waals surface area contributed by atoms with Crippen LogP contribution in [0.4, 0.5) is 11.5 Å². The van der Waals surface area contributed by atoms with Gasteiger partial charge in [0, 0.05) is 21.7 Å². The number of rotatable bonds is 3. The molecule has 3 nitrogen and oxygen atoms in total. The van der Waals surface area contributed by atoms with Crippen molar-refractivity contribution in [2.24, 2.45) is 0 Å². The molecule has 0 bridgehead atoms. The SMILES string of the molecule is Clc1cccc(Nc2nc(-c3ccccc3Cl)nc3ccccc23)c1.[Cl-]. The Bertz CT molecular complexity index is 1070. The van der Waals surface area contributed by atoms with Crippen molar-refractivity contribution in [1.82, 2.24) is 9.97 Å². The fraction of sp³-hybridized carbons (Fsp3) is 0. The molecule has 0 spiro atoms. The number of hydrogen-bond acceptors (Lipinski definition) is 3. The summed E-state index contributed by atoms with van der Waals surface area (Å²) in [5.74, 6) is 1.29. The van der Waals surface area contributed by atoms with Crippen LogP contribution in [-0.2, 0) is 0 Å². The van der Waals surface area contributed by atoms with E-state index < -0.39 is 0 Å². The molecule has 1 heterocycles. The Morgan fingerprint density at radius 3 is 2.35 bits per heavy atom. The molecule has 0 atom stereocenters. The average molecular weight is 402 g/mol. The van der Waals surface area contributed by atoms with Gasteiger partial charge in [0.15, 0.2) is 5.82 Å². The minimum absolute atomic E-state index is 0. The largest absolute Gasteiger partial charge is 1.00 e. The molecule has 3 aromatic carbocycles. The fourth-order valence-corrected chi connectivity index (χ4v) is 3.05. The Hall–Kier alpha value is -2.33. The first-order chi connectivity index (χ1) is 12.2. The van der Waals surface area contributed by atoms with Crippen molar-refractivity contribution in [3.05, 3.63) is 82.8 Å². The summed E-state index contributed by atoms with van der Waals surface area (Å²) in [6.45, 7) is 0. The average Bonchev–Trinajstić information content (AvgIpc) is 2.62. The van der Waals surface area contributed by atoms with Crippen molar-refractivity contribution in [3.8, 4) is 11.4 Å². The lowest BCUT2D eigenvalue weighted by molar-refractivity contribution is -0.00000481. The second-order valence-corrected chi connectivity index (χ2v) is 6.37. The van der Waals surface area contributed by atoms with Crippen LogP contribution in [-0.4, -0.2) is 9.97 Å². The van der Waals surface area contributed by atoms with Gasteiger partial charge in [-0.15, -0.1) is 0 Å². The molecule has 0 unspecified atom stereocenters. The van der Waals surface area contributed by atoms with Crippen molar-refractivity contribution in [2.45, 2.75) is 0 Å². The lowest BCUT2D eigenvalue weighted by atomic mass is 10.1. The number of benzene rings is 3. The van der Waals surface area contributed by atoms with E-state index in [0.717, 1.165) is 22.2 Å². The zero-order valence-electron chi connectivity index (χ0n) is 13.5. The summed E-state index contributed by atoms with van der Waals surface area (Å²) < 4.78 is 0. The minimum atomic E-state index is 0. The monoisotopic (exact) mass is 400 g/mol. The number of aromatic nitrogens is 2. The second kappa shape index (κ2) is 7.92. The molecule has 130 valence electrons. The Kier molecular flexibility index (Phi) is 5.62. The summed E-state index contributed by atoms with van der Waals surface area (Å²) in [7, 11) is 0. The number of para-hydroxylation sites is 1. The molecule has 4 aromatic rings. The van der Waals surface area contributed by atoms with E-state index in [1.165, 1.54) is 0 Å². The molecule has 0 radical (unpaired) electrons. The molecule has 6 heteroatoms. The topological polar surface area (TPSA) is 37.8 Å². The van der Waals surface area contributed by atoms with E-state index in [4.69, 9.17) is 28.2 Å². The molecule has 0 fully saturated rings. The Morgan fingerprint density at radius 2 is 1.54 bits per heavy atom. The molecule has 0 aliphatic carbocycles. The first-order valence-corrected chi connectivity index (χ1v) is 8.50. The van der Waals surface area contributed by atoms with E-state index in [9.17, 15) is 0 Å². The molecule has 0 aliphatic rings. The quantitative estimate of drug-likeness (QED) is 0.572. The maximum atomic E-state index is 6.33. The zero-order chi connectivity index (χ0) is 17.2. The van der Waals surface area contributed by atoms with E-state index in [1.807, 2.05) is 72.8 Å². The number of halogens is 3. The van der Waals surface area contributed by atoms with Gasteiger partial charge in [0.2, 0.25) is 0 Å². The Labute approximate surface area is 167 Å². The highest BCUT2D eigenvalue weighted by Crippen LogP contribution is 2.30. The highest BCUT2D eigenvalue weighted by atomic mass is 35.5. The van der Waals surface area contributed by atoms with Crippen molar-refractivity contribution in [2.75, 3.05) is 5.32 Å². The molecule has 1 aromatic heterocycles. The molecule has 0 saturated heterocycles. The van der Waals surface area contributed by atoms with E-state index in [1.54, 1.807) is 0 Å². The van der Waals surface area contributed by atoms with Crippen LogP contribution in [0.15, 0.2) is 72.8 Å². The van der Waals surface area contributed by atoms with Gasteiger partial charge in [0.25, 0.3) is 0 Å². The third-order valence-corrected chi connectivity index (χ3v) is 4.37. The molecular weight excluding hydrogens is 389 g/mol. The summed E-state index contributed by atoms with van der Waals surface area (Å²) >= 11 is 12.4. The Morgan fingerprint density at radius 1 is 0.769 bits per heavy atom. The van der Waals surface area contributed by atoms with E-state index in [-0.39, 0.29) is 12.4 Å². The maximum Gasteiger partial charge on any atom is 0.163 e. The van der Waals surface area contributed by atoms with Crippen molar-refractivity contribution in [1.29, 1.82) is 0 Å². The highest BCUT2D eigenvalue weighted by molar-refractivity contribution is 6.33. The first-order valence-electron chi connectivity index (χ1n) is 7.75. The van der Waals surface area contributed by atoms with Gasteiger partial charge < -0.3 is 17.7 Å². The minimum Gasteiger partial charge on any atom is -1.00 e. The fourth-order valence-electron chi connectivity index (χ4n) is 2.64. The van der Waals surface area contributed by atoms with Crippen LogP contribution in [0.5, 0.6) is 0 Å². The second-order valence-electron chi connectivity index (χ2n) is 5.53. The summed E-state index contributed by atoms with van der Waals surface area (Å²) in [6, 6.07) is 22.9. The third kappa shape index (κ3) is 3.75. The number of nitrogens with zero attached hydrogens (tertiary/aromatic N) is 2. The van der Waals surface area contributed by atoms with Crippen molar-refractivity contribution >= 4 is 45.6 Å². The highest BCUT2D eigenvalue weighted by Gasteiger charge is 2.11. The molecule has 26 heavy (non-hydrogen) atoms. The van der Waals surface area contributed by atoms with Gasteiger partial charge >= 0.3 is 0 Å². The van der Waals surface area contributed by atoms with Gasteiger partial charge in [-0.3, -0.25) is 0 Å². The summed E-state index contributed by atoms with van der Waals surface area (Å²) in [4.78, 5) is 9.37. The third-order valence-electron chi connectivity index (χ3n) is 3.81. The zero-order valence-corrected chi connectivity index (χ0v) is 15.7. The molecule has 1 N–H and O–H groups in total. The molecule has 0 saturated carbocycles. The molecular formula is C20H13Cl3N3-. The Balaban J connectivity index is 0.00000196. The van der Waals surface area contributed by atoms with Crippen LogP contribution >= 0.6 is 23.2 Å². The van der Waals surface area contributed by atoms with E-state index in [2.05, 4.69) is 10.3 Å². The van der Waals surface area contributed by atoms with Gasteiger partial charge in [0.05, 0.1) is 10.5 Å². The van der Waals surface area contributed by atoms with Crippen LogP contribution < -0.4 is 17.7 Å². The van der Waals surface area contributed by atoms with Crippen LogP contribution in [0.3, 0.4) is 0 Å². The van der Waals surface area contributed by atoms with Gasteiger partial charge in [-0.05, 0) is 42.5 Å². The van der Waals surface area contributed by atoms with Gasteiger partial charge in [0.1, 0.15) is 5.82 Å². The first kappa shape index (κ1) is 18.5. The molecule has 0 amide bonds. The van der Waals surface area contributed by atoms with Crippen LogP contribution in [0.25, 0.3) is 22.3 Å². The van der Waals surface area contributed by atoms with Crippen LogP contribution in [0.1, 0.15) is 0 Å². The van der Waals surface area contributed by atoms with Crippen LogP contribution in [0.2, 0.25) is 10.0 Å². The van der Waals surface area contributed by atoms with Crippen molar-refractivity contribution in [3.63, 3.8) is 0 Å². The number of nitrogens with one attached hydrogen (secondary N) is 1. The van der Waals surface area contributed by atoms with Crippen LogP contribution in [0, 0.1) is 0 Å². The number of hydrogen-bond donors (Lipinski definition) is 1.